The molecule has 0 aliphatic heterocycles. The van der Waals surface area contributed by atoms with Crippen LogP contribution in [0.15, 0.2) is 41.6 Å². The number of hydrogen-bond acceptors (Lipinski definition) is 3. The fourth-order valence-corrected chi connectivity index (χ4v) is 1.52. The third kappa shape index (κ3) is 1.95. The summed E-state index contributed by atoms with van der Waals surface area (Å²) < 4.78 is 1.81. The average molecular weight is 216 g/mol. The molecule has 0 saturated carbocycles. The lowest BCUT2D eigenvalue weighted by Gasteiger charge is -2.10. The Morgan fingerprint density at radius 1 is 1.44 bits per heavy atom. The molecule has 0 saturated heterocycles. The van der Waals surface area contributed by atoms with E-state index in [1.807, 2.05) is 16.7 Å². The maximum Gasteiger partial charge on any atom is 0.223 e. The first-order chi connectivity index (χ1) is 7.68. The standard InChI is InChI=1S/C12H12N2O2/c1-9-12(16)11(15)4-6-14(9)8-10-3-2-5-13-7-10/h2-7,16H,8H2,1H3. The van der Waals surface area contributed by atoms with Gasteiger partial charge in [0.1, 0.15) is 0 Å². The van der Waals surface area contributed by atoms with Crippen molar-refractivity contribution in [3.8, 4) is 5.75 Å². The number of aromatic nitrogens is 2. The van der Waals surface area contributed by atoms with Crippen molar-refractivity contribution in [1.82, 2.24) is 9.55 Å². The van der Waals surface area contributed by atoms with Crippen LogP contribution in [0.5, 0.6) is 5.75 Å². The van der Waals surface area contributed by atoms with Crippen LogP contribution >= 0.6 is 0 Å². The summed E-state index contributed by atoms with van der Waals surface area (Å²) >= 11 is 0. The van der Waals surface area contributed by atoms with Crippen molar-refractivity contribution in [3.05, 3.63) is 58.3 Å². The molecule has 16 heavy (non-hydrogen) atoms. The van der Waals surface area contributed by atoms with Gasteiger partial charge in [-0.1, -0.05) is 6.07 Å². The minimum Gasteiger partial charge on any atom is -0.503 e. The molecule has 2 heterocycles. The van der Waals surface area contributed by atoms with E-state index in [0.717, 1.165) is 5.56 Å². The third-order valence-electron chi connectivity index (χ3n) is 2.49. The Balaban J connectivity index is 2.36. The maximum absolute atomic E-state index is 11.2. The Bertz CT molecular complexity index is 547. The van der Waals surface area contributed by atoms with Gasteiger partial charge in [-0.2, -0.15) is 0 Å². The first kappa shape index (κ1) is 10.4. The summed E-state index contributed by atoms with van der Waals surface area (Å²) in [5, 5.41) is 9.52. The van der Waals surface area contributed by atoms with Crippen LogP contribution in [0.3, 0.4) is 0 Å². The van der Waals surface area contributed by atoms with Crippen LogP contribution in [-0.4, -0.2) is 14.7 Å². The van der Waals surface area contributed by atoms with E-state index in [1.165, 1.54) is 6.07 Å². The van der Waals surface area contributed by atoms with Gasteiger partial charge in [-0.15, -0.1) is 0 Å². The quantitative estimate of drug-likeness (QED) is 0.823. The number of rotatable bonds is 2. The summed E-state index contributed by atoms with van der Waals surface area (Å²) in [6.07, 6.45) is 5.14. The van der Waals surface area contributed by atoms with Crippen molar-refractivity contribution in [3.63, 3.8) is 0 Å². The van der Waals surface area contributed by atoms with Crippen LogP contribution in [0, 0.1) is 6.92 Å². The highest BCUT2D eigenvalue weighted by Gasteiger charge is 2.05. The van der Waals surface area contributed by atoms with Crippen molar-refractivity contribution >= 4 is 0 Å². The van der Waals surface area contributed by atoms with Crippen LogP contribution in [0.1, 0.15) is 11.3 Å². The Labute approximate surface area is 92.8 Å². The molecule has 2 aromatic rings. The summed E-state index contributed by atoms with van der Waals surface area (Å²) in [7, 11) is 0. The van der Waals surface area contributed by atoms with Crippen LogP contribution in [0.25, 0.3) is 0 Å². The molecule has 1 N–H and O–H groups in total. The van der Waals surface area contributed by atoms with Crippen LogP contribution < -0.4 is 5.43 Å². The zero-order valence-electron chi connectivity index (χ0n) is 8.92. The van der Waals surface area contributed by atoms with Crippen molar-refractivity contribution in [2.45, 2.75) is 13.5 Å². The Morgan fingerprint density at radius 2 is 2.25 bits per heavy atom. The van der Waals surface area contributed by atoms with Crippen LogP contribution in [0.2, 0.25) is 0 Å². The topological polar surface area (TPSA) is 55.1 Å². The molecule has 2 aromatic heterocycles. The Morgan fingerprint density at radius 3 is 2.94 bits per heavy atom. The molecule has 0 radical (unpaired) electrons. The van der Waals surface area contributed by atoms with E-state index >= 15 is 0 Å². The first-order valence-electron chi connectivity index (χ1n) is 4.96. The van der Waals surface area contributed by atoms with Crippen molar-refractivity contribution < 1.29 is 5.11 Å². The van der Waals surface area contributed by atoms with Gasteiger partial charge in [-0.05, 0) is 18.6 Å². The SMILES string of the molecule is Cc1c(O)c(=O)ccn1Cc1cccnc1. The largest absolute Gasteiger partial charge is 0.503 e. The summed E-state index contributed by atoms with van der Waals surface area (Å²) in [5.41, 5.74) is 1.24. The van der Waals surface area contributed by atoms with Crippen LogP contribution in [-0.2, 0) is 6.54 Å². The van der Waals surface area contributed by atoms with E-state index in [9.17, 15) is 9.90 Å². The van der Waals surface area contributed by atoms with Gasteiger partial charge in [0.05, 0.1) is 5.69 Å². The van der Waals surface area contributed by atoms with E-state index in [-0.39, 0.29) is 11.2 Å². The van der Waals surface area contributed by atoms with Gasteiger partial charge in [0.2, 0.25) is 5.43 Å². The molecule has 2 rings (SSSR count). The molecule has 0 bridgehead atoms. The molecule has 0 amide bonds. The van der Waals surface area contributed by atoms with Gasteiger partial charge in [0.15, 0.2) is 5.75 Å². The van der Waals surface area contributed by atoms with E-state index in [1.54, 1.807) is 25.5 Å². The second-order valence-corrected chi connectivity index (χ2v) is 3.60. The molecular weight excluding hydrogens is 204 g/mol. The molecule has 4 heteroatoms. The second kappa shape index (κ2) is 4.18. The molecule has 0 unspecified atom stereocenters. The minimum absolute atomic E-state index is 0.189. The molecule has 82 valence electrons. The fraction of sp³-hybridized carbons (Fsp3) is 0.167. The predicted molar refractivity (Wildman–Crippen MR) is 60.4 cm³/mol. The second-order valence-electron chi connectivity index (χ2n) is 3.60. The van der Waals surface area contributed by atoms with E-state index in [4.69, 9.17) is 0 Å². The minimum atomic E-state index is -0.347. The first-order valence-corrected chi connectivity index (χ1v) is 4.96. The predicted octanol–water partition coefficient (Wildman–Crippen LogP) is 1.31. The zero-order chi connectivity index (χ0) is 11.5. The highest BCUT2D eigenvalue weighted by molar-refractivity contribution is 5.26. The summed E-state index contributed by atoms with van der Waals surface area (Å²) in [5.74, 6) is -0.189. The molecule has 0 aliphatic rings. The molecule has 0 fully saturated rings. The smallest absolute Gasteiger partial charge is 0.223 e. The third-order valence-corrected chi connectivity index (χ3v) is 2.49. The number of hydrogen-bond donors (Lipinski definition) is 1. The van der Waals surface area contributed by atoms with Gasteiger partial charge in [0, 0.05) is 31.2 Å². The zero-order valence-corrected chi connectivity index (χ0v) is 8.92. The fourth-order valence-electron chi connectivity index (χ4n) is 1.52. The Kier molecular flexibility index (Phi) is 2.72. The number of pyridine rings is 2. The maximum atomic E-state index is 11.2. The van der Waals surface area contributed by atoms with Gasteiger partial charge < -0.3 is 9.67 Å². The van der Waals surface area contributed by atoms with E-state index < -0.39 is 0 Å². The number of aromatic hydroxyl groups is 1. The van der Waals surface area contributed by atoms with E-state index in [2.05, 4.69) is 4.98 Å². The lowest BCUT2D eigenvalue weighted by Crippen LogP contribution is -2.10. The highest BCUT2D eigenvalue weighted by atomic mass is 16.3. The normalized spacial score (nSPS) is 10.3. The summed E-state index contributed by atoms with van der Waals surface area (Å²) in [6, 6.07) is 5.16. The molecule has 0 atom stereocenters. The molecule has 0 aliphatic carbocycles. The molecule has 0 spiro atoms. The molecular formula is C12H12N2O2. The van der Waals surface area contributed by atoms with Gasteiger partial charge in [-0.3, -0.25) is 9.78 Å². The van der Waals surface area contributed by atoms with Gasteiger partial charge in [0.25, 0.3) is 0 Å². The summed E-state index contributed by atoms with van der Waals surface area (Å²) in [6.45, 7) is 2.31. The van der Waals surface area contributed by atoms with Gasteiger partial charge in [-0.25, -0.2) is 0 Å². The van der Waals surface area contributed by atoms with Gasteiger partial charge >= 0.3 is 0 Å². The average Bonchev–Trinajstić information content (AvgIpc) is 2.31. The monoisotopic (exact) mass is 216 g/mol. The highest BCUT2D eigenvalue weighted by Crippen LogP contribution is 2.11. The van der Waals surface area contributed by atoms with Crippen molar-refractivity contribution in [2.24, 2.45) is 0 Å². The molecule has 0 aromatic carbocycles. The molecule has 4 nitrogen and oxygen atoms in total. The lowest BCUT2D eigenvalue weighted by atomic mass is 10.2. The lowest BCUT2D eigenvalue weighted by molar-refractivity contribution is 0.455. The van der Waals surface area contributed by atoms with Crippen molar-refractivity contribution in [2.75, 3.05) is 0 Å². The summed E-state index contributed by atoms with van der Waals surface area (Å²) in [4.78, 5) is 15.2. The number of nitrogens with zero attached hydrogens (tertiary/aromatic N) is 2. The Hall–Kier alpha value is -2.10. The van der Waals surface area contributed by atoms with Crippen molar-refractivity contribution in [1.29, 1.82) is 0 Å². The van der Waals surface area contributed by atoms with E-state index in [0.29, 0.717) is 12.2 Å². The van der Waals surface area contributed by atoms with Crippen LogP contribution in [0.4, 0.5) is 0 Å².